The molecule has 8 heteroatoms. The molecule has 35 heavy (non-hydrogen) atoms. The zero-order valence-electron chi connectivity index (χ0n) is 18.8. The van der Waals surface area contributed by atoms with Gasteiger partial charge in [0.2, 0.25) is 11.0 Å². The highest BCUT2D eigenvalue weighted by molar-refractivity contribution is 5.93. The number of hydrogen-bond donors (Lipinski definition) is 1. The fraction of sp³-hybridized carbons (Fsp3) is 0.0741. The van der Waals surface area contributed by atoms with E-state index in [1.807, 2.05) is 48.5 Å². The highest BCUT2D eigenvalue weighted by atomic mass is 16.5. The van der Waals surface area contributed by atoms with E-state index in [-0.39, 0.29) is 0 Å². The van der Waals surface area contributed by atoms with E-state index in [9.17, 15) is 10.4 Å². The minimum absolute atomic E-state index is 0.299. The van der Waals surface area contributed by atoms with Gasteiger partial charge in [-0.3, -0.25) is 0 Å². The summed E-state index contributed by atoms with van der Waals surface area (Å²) < 4.78 is 13.3. The number of fused-ring (bicyclic) bond motifs is 3. The van der Waals surface area contributed by atoms with E-state index in [0.29, 0.717) is 57.0 Å². The van der Waals surface area contributed by atoms with Crippen LogP contribution >= 0.6 is 0 Å². The maximum atomic E-state index is 13.0. The number of rotatable bonds is 5. The van der Waals surface area contributed by atoms with Crippen molar-refractivity contribution in [1.82, 2.24) is 14.7 Å². The maximum absolute atomic E-state index is 13.0. The van der Waals surface area contributed by atoms with E-state index in [0.717, 1.165) is 20.6 Å². The molecule has 0 amide bonds. The van der Waals surface area contributed by atoms with Crippen LogP contribution in [0.2, 0.25) is 0 Å². The molecule has 0 fully saturated rings. The van der Waals surface area contributed by atoms with Gasteiger partial charge in [0.25, 0.3) is 0 Å². The molecular weight excluding hydrogens is 444 g/mol. The Morgan fingerprint density at radius 1 is 0.829 bits per heavy atom. The van der Waals surface area contributed by atoms with Crippen LogP contribution < -0.4 is 14.2 Å². The Bertz CT molecular complexity index is 1640. The van der Waals surface area contributed by atoms with Gasteiger partial charge in [0.1, 0.15) is 6.61 Å². The Labute approximate surface area is 199 Å². The van der Waals surface area contributed by atoms with Crippen molar-refractivity contribution in [1.29, 1.82) is 0 Å². The van der Waals surface area contributed by atoms with Gasteiger partial charge in [-0.25, -0.2) is 9.97 Å². The number of para-hydroxylation sites is 2. The molecule has 2 aromatic heterocycles. The molecule has 6 rings (SSSR count). The van der Waals surface area contributed by atoms with Crippen LogP contribution in [0.1, 0.15) is 5.56 Å². The van der Waals surface area contributed by atoms with E-state index in [4.69, 9.17) is 9.47 Å². The molecule has 0 spiro atoms. The molecule has 0 bridgehead atoms. The number of hydrogen-bond acceptors (Lipinski definition) is 6. The SMILES string of the molecule is COc1cc(-c2nc3cc4c(cc3n2)[n+]([O-])c2ccccc2n4O)ccc1OCc1ccccc1. The zero-order valence-corrected chi connectivity index (χ0v) is 18.8. The summed E-state index contributed by atoms with van der Waals surface area (Å²) in [5, 5.41) is 23.7. The van der Waals surface area contributed by atoms with Crippen LogP contribution in [0.3, 0.4) is 0 Å². The number of nitrogens with zero attached hydrogens (tertiary/aromatic N) is 4. The Kier molecular flexibility index (Phi) is 4.84. The molecule has 0 unspecified atom stereocenters. The van der Waals surface area contributed by atoms with Gasteiger partial charge in [-0.1, -0.05) is 42.5 Å². The fourth-order valence-electron chi connectivity index (χ4n) is 4.18. The van der Waals surface area contributed by atoms with Gasteiger partial charge in [0.05, 0.1) is 18.1 Å². The molecule has 0 aliphatic rings. The van der Waals surface area contributed by atoms with E-state index in [1.165, 1.54) is 0 Å². The van der Waals surface area contributed by atoms with Gasteiger partial charge in [0.15, 0.2) is 28.4 Å². The molecule has 0 radical (unpaired) electrons. The second-order valence-electron chi connectivity index (χ2n) is 8.11. The van der Waals surface area contributed by atoms with Crippen molar-refractivity contribution in [3.8, 4) is 22.9 Å². The Balaban J connectivity index is 1.40. The normalized spacial score (nSPS) is 11.3. The monoisotopic (exact) mass is 464 g/mol. The summed E-state index contributed by atoms with van der Waals surface area (Å²) in [7, 11) is 1.58. The smallest absolute Gasteiger partial charge is 0.246 e. The summed E-state index contributed by atoms with van der Waals surface area (Å²) in [5.74, 6) is 1.66. The third-order valence-electron chi connectivity index (χ3n) is 5.96. The van der Waals surface area contributed by atoms with Crippen molar-refractivity contribution in [3.05, 3.63) is 95.7 Å². The number of ether oxygens (including phenoxy) is 2. The molecular formula is C27H20N4O4. The Morgan fingerprint density at radius 3 is 2.37 bits per heavy atom. The maximum Gasteiger partial charge on any atom is 0.246 e. The molecule has 172 valence electrons. The predicted octanol–water partition coefficient (Wildman–Crippen LogP) is 4.86. The van der Waals surface area contributed by atoms with E-state index in [1.54, 1.807) is 43.5 Å². The second kappa shape index (κ2) is 8.18. The minimum atomic E-state index is 0.299. The van der Waals surface area contributed by atoms with Gasteiger partial charge in [-0.15, -0.1) is 0 Å². The van der Waals surface area contributed by atoms with Crippen molar-refractivity contribution in [3.63, 3.8) is 0 Å². The van der Waals surface area contributed by atoms with E-state index < -0.39 is 0 Å². The Hall–Kier alpha value is -4.85. The summed E-state index contributed by atoms with van der Waals surface area (Å²) in [4.78, 5) is 9.27. The van der Waals surface area contributed by atoms with Crippen molar-refractivity contribution in [2.24, 2.45) is 0 Å². The molecule has 0 saturated heterocycles. The molecule has 4 aromatic carbocycles. The quantitative estimate of drug-likeness (QED) is 0.169. The molecule has 0 atom stereocenters. The lowest BCUT2D eigenvalue weighted by Crippen LogP contribution is -2.30. The molecule has 0 aliphatic carbocycles. The van der Waals surface area contributed by atoms with Crippen LogP contribution in [-0.2, 0) is 6.61 Å². The van der Waals surface area contributed by atoms with Crippen LogP contribution in [-0.4, -0.2) is 27.0 Å². The van der Waals surface area contributed by atoms with Crippen molar-refractivity contribution >= 4 is 33.1 Å². The highest BCUT2D eigenvalue weighted by Gasteiger charge is 2.19. The van der Waals surface area contributed by atoms with Gasteiger partial charge < -0.3 is 19.9 Å². The topological polar surface area (TPSA) is 96.3 Å². The van der Waals surface area contributed by atoms with Crippen LogP contribution in [0.15, 0.2) is 84.9 Å². The van der Waals surface area contributed by atoms with Crippen LogP contribution in [0.4, 0.5) is 0 Å². The third kappa shape index (κ3) is 3.52. The summed E-state index contributed by atoms with van der Waals surface area (Å²) >= 11 is 0. The Morgan fingerprint density at radius 2 is 1.57 bits per heavy atom. The summed E-state index contributed by atoms with van der Waals surface area (Å²) in [6.45, 7) is 0.421. The molecule has 2 heterocycles. The van der Waals surface area contributed by atoms with Crippen LogP contribution in [0.25, 0.3) is 44.5 Å². The van der Waals surface area contributed by atoms with Crippen molar-refractivity contribution in [2.75, 3.05) is 7.11 Å². The van der Waals surface area contributed by atoms with Gasteiger partial charge in [-0.05, 0) is 29.8 Å². The molecule has 8 nitrogen and oxygen atoms in total. The second-order valence-corrected chi connectivity index (χ2v) is 8.11. The van der Waals surface area contributed by atoms with Gasteiger partial charge in [0, 0.05) is 23.8 Å². The van der Waals surface area contributed by atoms with E-state index in [2.05, 4.69) is 9.97 Å². The largest absolute Gasteiger partial charge is 0.618 e. The first-order valence-electron chi connectivity index (χ1n) is 11.0. The molecule has 0 aliphatic heterocycles. The number of methoxy groups -OCH3 is 1. The summed E-state index contributed by atoms with van der Waals surface area (Å²) in [6.07, 6.45) is 0. The standard InChI is InChI=1S/C27H20N4O4/c1-34-26-13-18(11-12-25(26)35-16-17-7-3-2-4-8-17)27-28-19-14-23-24(15-20(19)29-27)31(33)22-10-6-5-9-21(22)30(23)32/h2-15,32H,16H2,1H3. The lowest BCUT2D eigenvalue weighted by molar-refractivity contribution is -0.548. The average molecular weight is 464 g/mol. The first kappa shape index (κ1) is 20.7. The van der Waals surface area contributed by atoms with Crippen molar-refractivity contribution < 1.29 is 19.4 Å². The first-order chi connectivity index (χ1) is 17.1. The van der Waals surface area contributed by atoms with Gasteiger partial charge >= 0.3 is 0 Å². The fourth-order valence-corrected chi connectivity index (χ4v) is 4.18. The summed E-state index contributed by atoms with van der Waals surface area (Å²) in [5.41, 5.74) is 4.33. The first-order valence-corrected chi connectivity index (χ1v) is 11.0. The van der Waals surface area contributed by atoms with Crippen molar-refractivity contribution in [2.45, 2.75) is 6.61 Å². The number of imidazole rings is 1. The third-order valence-corrected chi connectivity index (χ3v) is 5.96. The molecule has 0 saturated carbocycles. The average Bonchev–Trinajstić information content (AvgIpc) is 3.33. The zero-order chi connectivity index (χ0) is 23.9. The molecule has 6 aromatic rings. The highest BCUT2D eigenvalue weighted by Crippen LogP contribution is 2.33. The van der Waals surface area contributed by atoms with Gasteiger partial charge in [-0.2, -0.15) is 9.46 Å². The van der Waals surface area contributed by atoms with Crippen LogP contribution in [0.5, 0.6) is 11.5 Å². The summed E-state index contributed by atoms with van der Waals surface area (Å²) in [6, 6.07) is 25.6. The lowest BCUT2D eigenvalue weighted by Gasteiger charge is -2.11. The predicted molar refractivity (Wildman–Crippen MR) is 131 cm³/mol. The molecule has 1 N–H and O–H groups in total. The van der Waals surface area contributed by atoms with Crippen LogP contribution in [0, 0.1) is 5.21 Å². The van der Waals surface area contributed by atoms with E-state index >= 15 is 0 Å². The number of aromatic nitrogens is 4. The lowest BCUT2D eigenvalue weighted by atomic mass is 10.2. The number of benzene rings is 4. The minimum Gasteiger partial charge on any atom is -0.618 e.